The van der Waals surface area contributed by atoms with E-state index in [1.165, 1.54) is 18.5 Å². The SMILES string of the molecule is O=C(Nc1ncccc1Cl)c1ccnc(F)c1. The summed E-state index contributed by atoms with van der Waals surface area (Å²) in [4.78, 5) is 19.0. The molecule has 0 saturated carbocycles. The van der Waals surface area contributed by atoms with E-state index in [-0.39, 0.29) is 11.4 Å². The summed E-state index contributed by atoms with van der Waals surface area (Å²) in [5.74, 6) is -0.979. The monoisotopic (exact) mass is 251 g/mol. The summed E-state index contributed by atoms with van der Waals surface area (Å²) in [6.07, 6.45) is 2.71. The first-order valence-corrected chi connectivity index (χ1v) is 5.08. The molecule has 0 unspecified atom stereocenters. The van der Waals surface area contributed by atoms with E-state index in [1.54, 1.807) is 12.1 Å². The molecule has 0 bridgehead atoms. The minimum atomic E-state index is -0.718. The van der Waals surface area contributed by atoms with Crippen molar-refractivity contribution in [3.05, 3.63) is 53.2 Å². The Morgan fingerprint density at radius 1 is 1.29 bits per heavy atom. The van der Waals surface area contributed by atoms with Crippen LogP contribution in [0.3, 0.4) is 0 Å². The zero-order valence-corrected chi connectivity index (χ0v) is 9.28. The van der Waals surface area contributed by atoms with Crippen molar-refractivity contribution >= 4 is 23.3 Å². The maximum absolute atomic E-state index is 12.8. The molecular formula is C11H7ClFN3O. The highest BCUT2D eigenvalue weighted by atomic mass is 35.5. The lowest BCUT2D eigenvalue weighted by atomic mass is 10.2. The molecular weight excluding hydrogens is 245 g/mol. The Labute approximate surface area is 101 Å². The number of anilines is 1. The summed E-state index contributed by atoms with van der Waals surface area (Å²) in [5.41, 5.74) is 0.152. The number of carbonyl (C=O) groups excluding carboxylic acids is 1. The number of hydrogen-bond acceptors (Lipinski definition) is 3. The highest BCUT2D eigenvalue weighted by Crippen LogP contribution is 2.18. The summed E-state index contributed by atoms with van der Waals surface area (Å²) in [5, 5.41) is 2.79. The number of nitrogens with zero attached hydrogens (tertiary/aromatic N) is 2. The fourth-order valence-corrected chi connectivity index (χ4v) is 1.37. The highest BCUT2D eigenvalue weighted by molar-refractivity contribution is 6.33. The fraction of sp³-hybridized carbons (Fsp3) is 0. The Balaban J connectivity index is 2.20. The summed E-state index contributed by atoms with van der Waals surface area (Å²) in [7, 11) is 0. The van der Waals surface area contributed by atoms with Crippen molar-refractivity contribution in [1.29, 1.82) is 0 Å². The minimum Gasteiger partial charge on any atom is -0.305 e. The van der Waals surface area contributed by atoms with Crippen molar-refractivity contribution in [3.8, 4) is 0 Å². The predicted molar refractivity (Wildman–Crippen MR) is 61.4 cm³/mol. The fourth-order valence-electron chi connectivity index (χ4n) is 1.20. The van der Waals surface area contributed by atoms with Gasteiger partial charge in [0.1, 0.15) is 0 Å². The van der Waals surface area contributed by atoms with Crippen LogP contribution in [0.15, 0.2) is 36.7 Å². The molecule has 86 valence electrons. The summed E-state index contributed by atoms with van der Waals surface area (Å²) in [6.45, 7) is 0. The first-order valence-electron chi connectivity index (χ1n) is 4.70. The van der Waals surface area contributed by atoms with Crippen LogP contribution >= 0.6 is 11.6 Å². The van der Waals surface area contributed by atoms with Gasteiger partial charge in [0.25, 0.3) is 5.91 Å². The van der Waals surface area contributed by atoms with E-state index in [9.17, 15) is 9.18 Å². The molecule has 17 heavy (non-hydrogen) atoms. The van der Waals surface area contributed by atoms with Gasteiger partial charge in [0, 0.05) is 24.0 Å². The molecule has 0 aliphatic rings. The second-order valence-electron chi connectivity index (χ2n) is 3.16. The van der Waals surface area contributed by atoms with Crippen LogP contribution in [0.5, 0.6) is 0 Å². The molecule has 0 spiro atoms. The molecule has 6 heteroatoms. The first-order chi connectivity index (χ1) is 8.16. The molecule has 0 aliphatic carbocycles. The van der Waals surface area contributed by atoms with Gasteiger partial charge in [-0.15, -0.1) is 0 Å². The van der Waals surface area contributed by atoms with Crippen LogP contribution in [-0.2, 0) is 0 Å². The zero-order chi connectivity index (χ0) is 12.3. The van der Waals surface area contributed by atoms with E-state index >= 15 is 0 Å². The van der Waals surface area contributed by atoms with Gasteiger partial charge in [-0.05, 0) is 18.2 Å². The smallest absolute Gasteiger partial charge is 0.257 e. The van der Waals surface area contributed by atoms with E-state index in [1.807, 2.05) is 0 Å². The quantitative estimate of drug-likeness (QED) is 0.835. The number of halogens is 2. The Bertz CT molecular complexity index is 562. The number of carbonyl (C=O) groups is 1. The van der Waals surface area contributed by atoms with E-state index < -0.39 is 11.9 Å². The average Bonchev–Trinajstić information content (AvgIpc) is 2.32. The summed E-state index contributed by atoms with van der Waals surface area (Å²) in [6, 6.07) is 5.67. The van der Waals surface area contributed by atoms with Gasteiger partial charge < -0.3 is 5.32 Å². The number of pyridine rings is 2. The van der Waals surface area contributed by atoms with E-state index in [0.29, 0.717) is 5.02 Å². The van der Waals surface area contributed by atoms with Gasteiger partial charge in [0.15, 0.2) is 5.82 Å². The first kappa shape index (κ1) is 11.5. The molecule has 0 aliphatic heterocycles. The normalized spacial score (nSPS) is 10.0. The molecule has 0 aromatic carbocycles. The number of nitrogens with one attached hydrogen (secondary N) is 1. The maximum atomic E-state index is 12.8. The Morgan fingerprint density at radius 2 is 2.12 bits per heavy atom. The number of aromatic nitrogens is 2. The largest absolute Gasteiger partial charge is 0.305 e. The summed E-state index contributed by atoms with van der Waals surface area (Å²) < 4.78 is 12.8. The maximum Gasteiger partial charge on any atom is 0.257 e. The lowest BCUT2D eigenvalue weighted by Gasteiger charge is -2.05. The van der Waals surface area contributed by atoms with Gasteiger partial charge >= 0.3 is 0 Å². The molecule has 1 N–H and O–H groups in total. The van der Waals surface area contributed by atoms with Crippen molar-refractivity contribution in [1.82, 2.24) is 9.97 Å². The minimum absolute atomic E-state index is 0.152. The molecule has 4 nitrogen and oxygen atoms in total. The van der Waals surface area contributed by atoms with Gasteiger partial charge in [-0.25, -0.2) is 9.97 Å². The van der Waals surface area contributed by atoms with Gasteiger partial charge in [-0.3, -0.25) is 4.79 Å². The molecule has 0 atom stereocenters. The number of amides is 1. The lowest BCUT2D eigenvalue weighted by molar-refractivity contribution is 0.102. The van der Waals surface area contributed by atoms with Crippen LogP contribution < -0.4 is 5.32 Å². The van der Waals surface area contributed by atoms with Crippen molar-refractivity contribution in [3.63, 3.8) is 0 Å². The van der Waals surface area contributed by atoms with Gasteiger partial charge in [-0.2, -0.15) is 4.39 Å². The van der Waals surface area contributed by atoms with Crippen LogP contribution in [0.1, 0.15) is 10.4 Å². The van der Waals surface area contributed by atoms with Crippen molar-refractivity contribution in [2.45, 2.75) is 0 Å². The topological polar surface area (TPSA) is 54.9 Å². The van der Waals surface area contributed by atoms with Gasteiger partial charge in [0.05, 0.1) is 5.02 Å². The van der Waals surface area contributed by atoms with Crippen LogP contribution in [0, 0.1) is 5.95 Å². The number of rotatable bonds is 2. The molecule has 0 fully saturated rings. The molecule has 1 amide bonds. The molecule has 0 radical (unpaired) electrons. The van der Waals surface area contributed by atoms with Crippen molar-refractivity contribution in [2.75, 3.05) is 5.32 Å². The number of hydrogen-bond donors (Lipinski definition) is 1. The van der Waals surface area contributed by atoms with Crippen LogP contribution in [0.25, 0.3) is 0 Å². The molecule has 0 saturated heterocycles. The third kappa shape index (κ3) is 2.76. The van der Waals surface area contributed by atoms with Gasteiger partial charge in [0.2, 0.25) is 5.95 Å². The third-order valence-corrected chi connectivity index (χ3v) is 2.28. The van der Waals surface area contributed by atoms with E-state index in [0.717, 1.165) is 6.07 Å². The van der Waals surface area contributed by atoms with Crippen molar-refractivity contribution < 1.29 is 9.18 Å². The Hall–Kier alpha value is -2.01. The standard InChI is InChI=1S/C11H7ClFN3O/c12-8-2-1-4-15-10(8)16-11(17)7-3-5-14-9(13)6-7/h1-6H,(H,15,16,17). The second-order valence-corrected chi connectivity index (χ2v) is 3.56. The van der Waals surface area contributed by atoms with Gasteiger partial charge in [-0.1, -0.05) is 11.6 Å². The highest BCUT2D eigenvalue weighted by Gasteiger charge is 2.09. The van der Waals surface area contributed by atoms with E-state index in [2.05, 4.69) is 15.3 Å². The zero-order valence-electron chi connectivity index (χ0n) is 8.52. The third-order valence-electron chi connectivity index (χ3n) is 1.98. The predicted octanol–water partition coefficient (Wildman–Crippen LogP) is 2.52. The van der Waals surface area contributed by atoms with Crippen LogP contribution in [-0.4, -0.2) is 15.9 Å². The van der Waals surface area contributed by atoms with Crippen molar-refractivity contribution in [2.24, 2.45) is 0 Å². The second kappa shape index (κ2) is 4.88. The Morgan fingerprint density at radius 3 is 2.82 bits per heavy atom. The molecule has 2 rings (SSSR count). The average molecular weight is 252 g/mol. The molecule has 2 heterocycles. The Kier molecular flexibility index (Phi) is 3.30. The van der Waals surface area contributed by atoms with E-state index in [4.69, 9.17) is 11.6 Å². The van der Waals surface area contributed by atoms with Crippen LogP contribution in [0.2, 0.25) is 5.02 Å². The lowest BCUT2D eigenvalue weighted by Crippen LogP contribution is -2.13. The van der Waals surface area contributed by atoms with Crippen LogP contribution in [0.4, 0.5) is 10.2 Å². The summed E-state index contributed by atoms with van der Waals surface area (Å²) >= 11 is 5.82. The molecule has 2 aromatic heterocycles. The molecule has 2 aromatic rings.